The van der Waals surface area contributed by atoms with Crippen LogP contribution in [0.15, 0.2) is 42.6 Å². The maximum atomic E-state index is 11.8. The first-order chi connectivity index (χ1) is 12.2. The number of rotatable bonds is 5. The highest BCUT2D eigenvalue weighted by atomic mass is 16.7. The van der Waals surface area contributed by atoms with Gasteiger partial charge in [0.15, 0.2) is 11.5 Å². The number of fused-ring (bicyclic) bond motifs is 1. The summed E-state index contributed by atoms with van der Waals surface area (Å²) in [5.41, 5.74) is 1.90. The standard InChI is InChI=1S/C19H20N2O4/c22-19(23)18-14(12-4-7-16-17(9-12)25-11-24-16)10-21-15(18)6-5-13-3-1-2-8-20-13/h1-4,7-9,14-15,18,21H,5-6,10-11H2,(H,22,23)/p-1. The molecule has 1 N–H and O–H groups in total. The van der Waals surface area contributed by atoms with Gasteiger partial charge in [-0.15, -0.1) is 0 Å². The van der Waals surface area contributed by atoms with Crippen LogP contribution in [-0.4, -0.2) is 30.3 Å². The molecule has 0 spiro atoms. The summed E-state index contributed by atoms with van der Waals surface area (Å²) in [4.78, 5) is 16.1. The molecule has 2 aliphatic heterocycles. The van der Waals surface area contributed by atoms with Gasteiger partial charge in [-0.2, -0.15) is 0 Å². The molecule has 25 heavy (non-hydrogen) atoms. The normalized spacial score (nSPS) is 24.4. The number of benzene rings is 1. The molecule has 3 unspecified atom stereocenters. The molecule has 1 aromatic carbocycles. The van der Waals surface area contributed by atoms with E-state index in [1.807, 2.05) is 36.4 Å². The zero-order chi connectivity index (χ0) is 17.2. The minimum absolute atomic E-state index is 0.137. The lowest BCUT2D eigenvalue weighted by atomic mass is 9.83. The number of aromatic nitrogens is 1. The largest absolute Gasteiger partial charge is 0.550 e. The van der Waals surface area contributed by atoms with E-state index in [-0.39, 0.29) is 18.8 Å². The van der Waals surface area contributed by atoms with Gasteiger partial charge in [-0.1, -0.05) is 12.1 Å². The van der Waals surface area contributed by atoms with E-state index in [0.717, 1.165) is 17.7 Å². The molecule has 3 atom stereocenters. The molecule has 3 heterocycles. The number of ether oxygens (including phenoxy) is 2. The predicted octanol–water partition coefficient (Wildman–Crippen LogP) is 0.865. The van der Waals surface area contributed by atoms with Crippen molar-refractivity contribution in [1.29, 1.82) is 0 Å². The smallest absolute Gasteiger partial charge is 0.231 e. The van der Waals surface area contributed by atoms with Crippen molar-refractivity contribution >= 4 is 5.97 Å². The van der Waals surface area contributed by atoms with Crippen molar-refractivity contribution in [3.8, 4) is 11.5 Å². The lowest BCUT2D eigenvalue weighted by Gasteiger charge is -2.25. The number of hydrogen-bond donors (Lipinski definition) is 1. The molecule has 2 aromatic rings. The summed E-state index contributed by atoms with van der Waals surface area (Å²) in [5, 5.41) is 15.2. The Morgan fingerprint density at radius 2 is 2.12 bits per heavy atom. The van der Waals surface area contributed by atoms with Crippen LogP contribution in [0.5, 0.6) is 11.5 Å². The quantitative estimate of drug-likeness (QED) is 0.870. The summed E-state index contributed by atoms with van der Waals surface area (Å²) in [6.07, 6.45) is 3.19. The summed E-state index contributed by atoms with van der Waals surface area (Å²) in [6.45, 7) is 0.809. The number of carboxylic acids is 1. The first-order valence-electron chi connectivity index (χ1n) is 8.46. The van der Waals surface area contributed by atoms with E-state index < -0.39 is 11.9 Å². The third-order valence-electron chi connectivity index (χ3n) is 5.00. The van der Waals surface area contributed by atoms with Gasteiger partial charge in [0, 0.05) is 42.3 Å². The minimum Gasteiger partial charge on any atom is -0.550 e. The van der Waals surface area contributed by atoms with Gasteiger partial charge in [0.2, 0.25) is 6.79 Å². The molecule has 6 heteroatoms. The first kappa shape index (κ1) is 15.9. The summed E-state index contributed by atoms with van der Waals surface area (Å²) < 4.78 is 10.7. The molecule has 2 aliphatic rings. The summed E-state index contributed by atoms with van der Waals surface area (Å²) in [7, 11) is 0. The number of aliphatic carboxylic acids is 1. The van der Waals surface area contributed by atoms with Crippen LogP contribution < -0.4 is 19.9 Å². The molecule has 1 fully saturated rings. The van der Waals surface area contributed by atoms with Crippen LogP contribution >= 0.6 is 0 Å². The van der Waals surface area contributed by atoms with Crippen molar-refractivity contribution in [2.45, 2.75) is 24.8 Å². The van der Waals surface area contributed by atoms with E-state index in [1.54, 1.807) is 6.20 Å². The fourth-order valence-electron chi connectivity index (χ4n) is 3.74. The molecule has 1 saturated heterocycles. The SMILES string of the molecule is O=C([O-])C1C(CCc2ccccn2)NCC1c1ccc2c(c1)OCO2. The van der Waals surface area contributed by atoms with Crippen LogP contribution in [0.4, 0.5) is 0 Å². The summed E-state index contributed by atoms with van der Waals surface area (Å²) in [6, 6.07) is 11.3. The maximum absolute atomic E-state index is 11.8. The molecular formula is C19H19N2O4-. The van der Waals surface area contributed by atoms with Crippen molar-refractivity contribution in [2.75, 3.05) is 13.3 Å². The number of nitrogens with one attached hydrogen (secondary N) is 1. The highest BCUT2D eigenvalue weighted by Crippen LogP contribution is 2.39. The zero-order valence-corrected chi connectivity index (χ0v) is 13.7. The zero-order valence-electron chi connectivity index (χ0n) is 13.7. The molecule has 0 radical (unpaired) electrons. The highest BCUT2D eigenvalue weighted by molar-refractivity contribution is 5.71. The number of carboxylic acid groups (broad SMARTS) is 1. The Labute approximate surface area is 145 Å². The van der Waals surface area contributed by atoms with Gasteiger partial charge in [-0.25, -0.2) is 0 Å². The van der Waals surface area contributed by atoms with Gasteiger partial charge >= 0.3 is 0 Å². The third-order valence-corrected chi connectivity index (χ3v) is 5.00. The van der Waals surface area contributed by atoms with Crippen LogP contribution in [0.25, 0.3) is 0 Å². The number of nitrogens with zero attached hydrogens (tertiary/aromatic N) is 1. The first-order valence-corrected chi connectivity index (χ1v) is 8.46. The van der Waals surface area contributed by atoms with Crippen molar-refractivity contribution in [2.24, 2.45) is 5.92 Å². The number of carbonyl (C=O) groups is 1. The van der Waals surface area contributed by atoms with Crippen LogP contribution in [0.1, 0.15) is 23.6 Å². The van der Waals surface area contributed by atoms with E-state index in [2.05, 4.69) is 10.3 Å². The average Bonchev–Trinajstić information content (AvgIpc) is 3.26. The summed E-state index contributed by atoms with van der Waals surface area (Å²) in [5.74, 6) is -0.367. The third kappa shape index (κ3) is 3.17. The lowest BCUT2D eigenvalue weighted by Crippen LogP contribution is -2.41. The van der Waals surface area contributed by atoms with E-state index in [0.29, 0.717) is 24.5 Å². The number of pyridine rings is 1. The summed E-state index contributed by atoms with van der Waals surface area (Å²) >= 11 is 0. The Bertz CT molecular complexity index is 765. The van der Waals surface area contributed by atoms with E-state index in [9.17, 15) is 9.90 Å². The van der Waals surface area contributed by atoms with Crippen molar-refractivity contribution in [3.63, 3.8) is 0 Å². The monoisotopic (exact) mass is 339 g/mol. The second-order valence-corrected chi connectivity index (χ2v) is 6.44. The van der Waals surface area contributed by atoms with Gasteiger partial charge in [-0.05, 0) is 42.7 Å². The van der Waals surface area contributed by atoms with Crippen molar-refractivity contribution < 1.29 is 19.4 Å². The molecule has 4 rings (SSSR count). The maximum Gasteiger partial charge on any atom is 0.231 e. The Morgan fingerprint density at radius 1 is 1.24 bits per heavy atom. The molecule has 6 nitrogen and oxygen atoms in total. The van der Waals surface area contributed by atoms with E-state index in [1.165, 1.54) is 0 Å². The van der Waals surface area contributed by atoms with Crippen molar-refractivity contribution in [3.05, 3.63) is 53.9 Å². The van der Waals surface area contributed by atoms with Gasteiger partial charge < -0.3 is 24.7 Å². The molecule has 0 aliphatic carbocycles. The number of hydrogen-bond acceptors (Lipinski definition) is 6. The van der Waals surface area contributed by atoms with Crippen LogP contribution in [0.3, 0.4) is 0 Å². The number of aryl methyl sites for hydroxylation is 1. The van der Waals surface area contributed by atoms with Crippen molar-refractivity contribution in [1.82, 2.24) is 10.3 Å². The highest BCUT2D eigenvalue weighted by Gasteiger charge is 2.37. The molecule has 130 valence electrons. The van der Waals surface area contributed by atoms with Crippen LogP contribution in [0, 0.1) is 5.92 Å². The second-order valence-electron chi connectivity index (χ2n) is 6.44. The fourth-order valence-corrected chi connectivity index (χ4v) is 3.74. The van der Waals surface area contributed by atoms with E-state index in [4.69, 9.17) is 9.47 Å². The Kier molecular flexibility index (Phi) is 4.28. The molecule has 1 aromatic heterocycles. The molecule has 0 bridgehead atoms. The minimum atomic E-state index is -1.02. The van der Waals surface area contributed by atoms with E-state index >= 15 is 0 Å². The van der Waals surface area contributed by atoms with Gasteiger partial charge in [0.25, 0.3) is 0 Å². The predicted molar refractivity (Wildman–Crippen MR) is 88.2 cm³/mol. The molecule has 0 saturated carbocycles. The molecular weight excluding hydrogens is 320 g/mol. The lowest BCUT2D eigenvalue weighted by molar-refractivity contribution is -0.312. The fraction of sp³-hybridized carbons (Fsp3) is 0.368. The Morgan fingerprint density at radius 3 is 2.92 bits per heavy atom. The van der Waals surface area contributed by atoms with Gasteiger partial charge in [0.05, 0.1) is 0 Å². The topological polar surface area (TPSA) is 83.5 Å². The van der Waals surface area contributed by atoms with Crippen LogP contribution in [-0.2, 0) is 11.2 Å². The van der Waals surface area contributed by atoms with Gasteiger partial charge in [-0.3, -0.25) is 4.98 Å². The number of carbonyl (C=O) groups excluding carboxylic acids is 1. The van der Waals surface area contributed by atoms with Gasteiger partial charge in [0.1, 0.15) is 0 Å². The Hall–Kier alpha value is -2.60. The van der Waals surface area contributed by atoms with Crippen LogP contribution in [0.2, 0.25) is 0 Å². The second kappa shape index (κ2) is 6.72. The Balaban J connectivity index is 1.50. The molecule has 0 amide bonds. The average molecular weight is 339 g/mol.